The molecule has 4 nitrogen and oxygen atoms in total. The number of carbonyl (C=O) groups is 1. The van der Waals surface area contributed by atoms with E-state index < -0.39 is 11.9 Å². The number of hydrogen-bond donors (Lipinski definition) is 2. The first kappa shape index (κ1) is 20.0. The van der Waals surface area contributed by atoms with Crippen LogP contribution in [-0.4, -0.2) is 17.7 Å². The fourth-order valence-electron chi connectivity index (χ4n) is 4.66. The van der Waals surface area contributed by atoms with E-state index in [1.165, 1.54) is 11.1 Å². The van der Waals surface area contributed by atoms with E-state index in [-0.39, 0.29) is 5.92 Å². The van der Waals surface area contributed by atoms with E-state index in [4.69, 9.17) is 10.5 Å². The molecular formula is C26H27NO3. The maximum Gasteiger partial charge on any atom is 0.311 e. The molecule has 0 aromatic heterocycles. The second-order valence-corrected chi connectivity index (χ2v) is 7.93. The van der Waals surface area contributed by atoms with Gasteiger partial charge < -0.3 is 15.6 Å². The van der Waals surface area contributed by atoms with Crippen LogP contribution in [0.2, 0.25) is 0 Å². The van der Waals surface area contributed by atoms with Crippen LogP contribution >= 0.6 is 0 Å². The first-order valence-electron chi connectivity index (χ1n) is 10.4. The van der Waals surface area contributed by atoms with Gasteiger partial charge in [-0.2, -0.15) is 0 Å². The summed E-state index contributed by atoms with van der Waals surface area (Å²) in [5, 5.41) is 10.2. The maximum absolute atomic E-state index is 12.4. The molecule has 0 saturated carbocycles. The van der Waals surface area contributed by atoms with Crippen LogP contribution in [-0.2, 0) is 11.2 Å². The van der Waals surface area contributed by atoms with Crippen molar-refractivity contribution in [3.8, 4) is 16.9 Å². The van der Waals surface area contributed by atoms with Crippen LogP contribution in [0.15, 0.2) is 60.7 Å². The fourth-order valence-corrected chi connectivity index (χ4v) is 4.66. The quantitative estimate of drug-likeness (QED) is 0.395. The molecule has 4 rings (SSSR count). The molecule has 2 atom stereocenters. The van der Waals surface area contributed by atoms with Gasteiger partial charge in [0.2, 0.25) is 0 Å². The molecule has 154 valence electrons. The number of nitrogen functional groups attached to an aromatic ring is 1. The molecule has 1 aliphatic carbocycles. The van der Waals surface area contributed by atoms with Crippen LogP contribution in [0.4, 0.5) is 5.69 Å². The Morgan fingerprint density at radius 3 is 2.57 bits per heavy atom. The summed E-state index contributed by atoms with van der Waals surface area (Å²) in [7, 11) is 0. The fraction of sp³-hybridized carbons (Fsp3) is 0.269. The summed E-state index contributed by atoms with van der Waals surface area (Å²) in [6.45, 7) is 4.58. The van der Waals surface area contributed by atoms with E-state index in [0.29, 0.717) is 18.7 Å². The lowest BCUT2D eigenvalue weighted by atomic mass is 9.82. The molecule has 0 radical (unpaired) electrons. The average Bonchev–Trinajstić information content (AvgIpc) is 3.11. The second kappa shape index (κ2) is 8.23. The van der Waals surface area contributed by atoms with Crippen LogP contribution < -0.4 is 10.5 Å². The Morgan fingerprint density at radius 2 is 1.80 bits per heavy atom. The van der Waals surface area contributed by atoms with Crippen LogP contribution in [0.3, 0.4) is 0 Å². The Kier molecular flexibility index (Phi) is 5.49. The van der Waals surface area contributed by atoms with Gasteiger partial charge >= 0.3 is 5.97 Å². The minimum absolute atomic E-state index is 0.00730. The maximum atomic E-state index is 12.4. The Bertz CT molecular complexity index is 1090. The molecule has 0 bridgehead atoms. The summed E-state index contributed by atoms with van der Waals surface area (Å²) < 4.78 is 5.77. The van der Waals surface area contributed by atoms with Gasteiger partial charge in [-0.05, 0) is 71.2 Å². The molecule has 3 aromatic rings. The molecule has 0 heterocycles. The SMILES string of the molecule is CCOc1ccccc1C(C)CC(C(=O)O)c1c(N)ccc2c1Cc1ccccc1-2. The monoisotopic (exact) mass is 401 g/mol. The third-order valence-corrected chi connectivity index (χ3v) is 6.05. The number of aliphatic carboxylic acids is 1. The first-order valence-corrected chi connectivity index (χ1v) is 10.4. The molecule has 0 aliphatic heterocycles. The number of ether oxygens (including phenoxy) is 1. The summed E-state index contributed by atoms with van der Waals surface area (Å²) in [6.07, 6.45) is 1.18. The normalized spacial score (nSPS) is 13.9. The predicted octanol–water partition coefficient (Wildman–Crippen LogP) is 5.60. The number of hydrogen-bond acceptors (Lipinski definition) is 3. The number of nitrogens with two attached hydrogens (primary N) is 1. The van der Waals surface area contributed by atoms with Crippen molar-refractivity contribution < 1.29 is 14.6 Å². The number of fused-ring (bicyclic) bond motifs is 3. The minimum Gasteiger partial charge on any atom is -0.494 e. The van der Waals surface area contributed by atoms with E-state index in [2.05, 4.69) is 19.1 Å². The van der Waals surface area contributed by atoms with Crippen LogP contribution in [0.1, 0.15) is 54.4 Å². The van der Waals surface area contributed by atoms with Gasteiger partial charge in [-0.1, -0.05) is 55.5 Å². The van der Waals surface area contributed by atoms with Crippen molar-refractivity contribution in [3.05, 3.63) is 82.9 Å². The molecule has 0 spiro atoms. The van der Waals surface area contributed by atoms with Crippen molar-refractivity contribution in [2.24, 2.45) is 0 Å². The molecule has 3 N–H and O–H groups in total. The molecule has 0 fully saturated rings. The van der Waals surface area contributed by atoms with E-state index in [9.17, 15) is 9.90 Å². The van der Waals surface area contributed by atoms with Gasteiger partial charge in [0, 0.05) is 5.69 Å². The summed E-state index contributed by atoms with van der Waals surface area (Å²) in [6, 6.07) is 20.0. The van der Waals surface area contributed by atoms with Crippen LogP contribution in [0.25, 0.3) is 11.1 Å². The number of rotatable bonds is 7. The van der Waals surface area contributed by atoms with Gasteiger partial charge in [-0.3, -0.25) is 4.79 Å². The average molecular weight is 402 g/mol. The highest BCUT2D eigenvalue weighted by Crippen LogP contribution is 2.45. The van der Waals surface area contributed by atoms with Crippen molar-refractivity contribution in [2.75, 3.05) is 12.3 Å². The van der Waals surface area contributed by atoms with Crippen LogP contribution in [0, 0.1) is 0 Å². The van der Waals surface area contributed by atoms with Gasteiger partial charge in [0.1, 0.15) is 5.75 Å². The Labute approximate surface area is 177 Å². The van der Waals surface area contributed by atoms with Crippen molar-refractivity contribution in [1.82, 2.24) is 0 Å². The molecule has 1 aliphatic rings. The Hall–Kier alpha value is -3.27. The smallest absolute Gasteiger partial charge is 0.311 e. The predicted molar refractivity (Wildman–Crippen MR) is 120 cm³/mol. The Morgan fingerprint density at radius 1 is 1.07 bits per heavy atom. The molecular weight excluding hydrogens is 374 g/mol. The molecule has 3 aromatic carbocycles. The molecule has 30 heavy (non-hydrogen) atoms. The van der Waals surface area contributed by atoms with Gasteiger partial charge in [0.05, 0.1) is 12.5 Å². The summed E-state index contributed by atoms with van der Waals surface area (Å²) in [5.74, 6) is -0.700. The summed E-state index contributed by atoms with van der Waals surface area (Å²) >= 11 is 0. The van der Waals surface area contributed by atoms with Gasteiger partial charge in [-0.25, -0.2) is 0 Å². The zero-order valence-corrected chi connectivity index (χ0v) is 17.4. The number of anilines is 1. The van der Waals surface area contributed by atoms with Crippen LogP contribution in [0.5, 0.6) is 5.75 Å². The van der Waals surface area contributed by atoms with Crippen molar-refractivity contribution in [1.29, 1.82) is 0 Å². The third kappa shape index (κ3) is 3.54. The highest BCUT2D eigenvalue weighted by molar-refractivity contribution is 5.86. The Balaban J connectivity index is 1.73. The van der Waals surface area contributed by atoms with E-state index in [1.54, 1.807) is 0 Å². The summed E-state index contributed by atoms with van der Waals surface area (Å²) in [4.78, 5) is 12.4. The van der Waals surface area contributed by atoms with Crippen molar-refractivity contribution in [3.63, 3.8) is 0 Å². The lowest BCUT2D eigenvalue weighted by Crippen LogP contribution is -2.18. The molecule has 2 unspecified atom stereocenters. The minimum atomic E-state index is -0.841. The highest BCUT2D eigenvalue weighted by Gasteiger charge is 2.32. The highest BCUT2D eigenvalue weighted by atomic mass is 16.5. The summed E-state index contributed by atoms with van der Waals surface area (Å²) in [5.41, 5.74) is 13.3. The number of benzene rings is 3. The first-order chi connectivity index (χ1) is 14.5. The van der Waals surface area contributed by atoms with E-state index >= 15 is 0 Å². The number of para-hydroxylation sites is 1. The number of carboxylic acids is 1. The van der Waals surface area contributed by atoms with E-state index in [1.807, 2.05) is 55.5 Å². The van der Waals surface area contributed by atoms with Crippen molar-refractivity contribution in [2.45, 2.75) is 38.5 Å². The number of carboxylic acid groups (broad SMARTS) is 1. The van der Waals surface area contributed by atoms with Gasteiger partial charge in [0.15, 0.2) is 0 Å². The molecule has 4 heteroatoms. The lowest BCUT2D eigenvalue weighted by Gasteiger charge is -2.23. The molecule has 0 amide bonds. The topological polar surface area (TPSA) is 72.5 Å². The largest absolute Gasteiger partial charge is 0.494 e. The zero-order chi connectivity index (χ0) is 21.3. The standard InChI is InChI=1S/C26H27NO3/c1-3-30-24-11-7-6-9-18(24)16(2)14-22(26(28)29)25-21-15-17-8-4-5-10-19(17)20(21)12-13-23(25)27/h4-13,16,22H,3,14-15,27H2,1-2H3,(H,28,29). The zero-order valence-electron chi connectivity index (χ0n) is 17.4. The molecule has 0 saturated heterocycles. The third-order valence-electron chi connectivity index (χ3n) is 6.05. The van der Waals surface area contributed by atoms with Gasteiger partial charge in [0.25, 0.3) is 0 Å². The van der Waals surface area contributed by atoms with E-state index in [0.717, 1.165) is 34.4 Å². The van der Waals surface area contributed by atoms with Crippen molar-refractivity contribution >= 4 is 11.7 Å². The lowest BCUT2D eigenvalue weighted by molar-refractivity contribution is -0.139. The van der Waals surface area contributed by atoms with Gasteiger partial charge in [-0.15, -0.1) is 0 Å². The second-order valence-electron chi connectivity index (χ2n) is 7.93.